The number of halogens is 1. The Labute approximate surface area is 191 Å². The van der Waals surface area contributed by atoms with Crippen molar-refractivity contribution in [2.45, 2.75) is 6.54 Å². The number of aliphatic imine (C=N–C) groups is 1. The van der Waals surface area contributed by atoms with Gasteiger partial charge in [0.05, 0.1) is 6.26 Å². The normalized spacial score (nSPS) is 14.4. The molecule has 3 aromatic rings. The molecule has 3 aromatic heterocycles. The van der Waals surface area contributed by atoms with E-state index in [0.29, 0.717) is 38.5 Å². The molecule has 1 fully saturated rings. The molecule has 0 bridgehead atoms. The molecule has 10 heteroatoms. The molecule has 0 saturated carbocycles. The minimum Gasteiger partial charge on any atom is -0.459 e. The van der Waals surface area contributed by atoms with Crippen LogP contribution in [0.25, 0.3) is 5.82 Å². The molecular weight excluding hydrogens is 497 g/mol. The van der Waals surface area contributed by atoms with E-state index in [9.17, 15) is 4.79 Å². The summed E-state index contributed by atoms with van der Waals surface area (Å²) >= 11 is 0. The smallest absolute Gasteiger partial charge is 0.289 e. The van der Waals surface area contributed by atoms with Crippen molar-refractivity contribution in [2.75, 3.05) is 33.2 Å². The third-order valence-electron chi connectivity index (χ3n) is 4.81. The second-order valence-electron chi connectivity index (χ2n) is 6.63. The van der Waals surface area contributed by atoms with E-state index in [-0.39, 0.29) is 29.9 Å². The van der Waals surface area contributed by atoms with E-state index in [1.165, 1.54) is 6.26 Å². The minimum atomic E-state index is -0.0690. The van der Waals surface area contributed by atoms with Crippen molar-refractivity contribution in [3.63, 3.8) is 0 Å². The molecule has 4 heterocycles. The molecule has 30 heavy (non-hydrogen) atoms. The van der Waals surface area contributed by atoms with Gasteiger partial charge in [-0.25, -0.2) is 9.67 Å². The van der Waals surface area contributed by atoms with E-state index < -0.39 is 0 Å². The van der Waals surface area contributed by atoms with Crippen LogP contribution in [-0.2, 0) is 6.54 Å². The predicted octanol–water partition coefficient (Wildman–Crippen LogP) is 2.01. The highest BCUT2D eigenvalue weighted by atomic mass is 127. The van der Waals surface area contributed by atoms with Gasteiger partial charge in [0.1, 0.15) is 0 Å². The van der Waals surface area contributed by atoms with Crippen LogP contribution in [0, 0.1) is 0 Å². The van der Waals surface area contributed by atoms with Crippen molar-refractivity contribution in [3.8, 4) is 5.82 Å². The third-order valence-corrected chi connectivity index (χ3v) is 4.81. The maximum atomic E-state index is 12.4. The number of pyridine rings is 1. The lowest BCUT2D eigenvalue weighted by Gasteiger charge is -2.36. The van der Waals surface area contributed by atoms with Gasteiger partial charge in [-0.3, -0.25) is 9.79 Å². The Morgan fingerprint density at radius 3 is 2.63 bits per heavy atom. The average Bonchev–Trinajstić information content (AvgIpc) is 3.49. The summed E-state index contributed by atoms with van der Waals surface area (Å²) in [5.74, 6) is 1.90. The molecule has 0 atom stereocenters. The van der Waals surface area contributed by atoms with Gasteiger partial charge in [0, 0.05) is 58.4 Å². The number of rotatable bonds is 4. The van der Waals surface area contributed by atoms with E-state index in [1.54, 1.807) is 36.3 Å². The predicted molar refractivity (Wildman–Crippen MR) is 123 cm³/mol. The molecule has 0 spiro atoms. The Morgan fingerprint density at radius 1 is 1.17 bits per heavy atom. The number of piperazine rings is 1. The van der Waals surface area contributed by atoms with Crippen LogP contribution in [-0.4, -0.2) is 69.7 Å². The van der Waals surface area contributed by atoms with Crippen LogP contribution in [0.15, 0.2) is 64.6 Å². The van der Waals surface area contributed by atoms with Gasteiger partial charge in [-0.05, 0) is 35.9 Å². The summed E-state index contributed by atoms with van der Waals surface area (Å²) in [6, 6.07) is 9.25. The molecule has 1 aliphatic heterocycles. The molecule has 0 radical (unpaired) electrons. The lowest BCUT2D eigenvalue weighted by Crippen LogP contribution is -2.53. The SMILES string of the molecule is CN=C(NCc1ccnc(-n2cccn2)c1)N1CCN(C(=O)c2ccco2)CC1.I. The Hall–Kier alpha value is -2.89. The van der Waals surface area contributed by atoms with Crippen molar-refractivity contribution in [2.24, 2.45) is 4.99 Å². The number of hydrogen-bond acceptors (Lipinski definition) is 5. The Bertz CT molecular complexity index is 965. The zero-order valence-corrected chi connectivity index (χ0v) is 19.0. The first-order valence-corrected chi connectivity index (χ1v) is 9.48. The zero-order valence-electron chi connectivity index (χ0n) is 16.6. The van der Waals surface area contributed by atoms with Gasteiger partial charge in [-0.15, -0.1) is 24.0 Å². The number of carbonyl (C=O) groups is 1. The average molecular weight is 521 g/mol. The first kappa shape index (κ1) is 21.8. The summed E-state index contributed by atoms with van der Waals surface area (Å²) in [5.41, 5.74) is 1.08. The maximum absolute atomic E-state index is 12.4. The molecule has 0 aliphatic carbocycles. The van der Waals surface area contributed by atoms with E-state index in [1.807, 2.05) is 29.3 Å². The van der Waals surface area contributed by atoms with Gasteiger partial charge in [0.2, 0.25) is 0 Å². The number of aromatic nitrogens is 3. The number of carbonyl (C=O) groups excluding carboxylic acids is 1. The van der Waals surface area contributed by atoms with Crippen LogP contribution >= 0.6 is 24.0 Å². The fraction of sp³-hybridized carbons (Fsp3) is 0.300. The van der Waals surface area contributed by atoms with E-state index in [4.69, 9.17) is 4.42 Å². The van der Waals surface area contributed by atoms with Crippen molar-refractivity contribution in [3.05, 3.63) is 66.5 Å². The van der Waals surface area contributed by atoms with Crippen LogP contribution < -0.4 is 5.32 Å². The van der Waals surface area contributed by atoms with Crippen molar-refractivity contribution < 1.29 is 9.21 Å². The summed E-state index contributed by atoms with van der Waals surface area (Å²) in [6.07, 6.45) is 6.88. The number of guanidine groups is 1. The number of nitrogens with one attached hydrogen (secondary N) is 1. The topological polar surface area (TPSA) is 91.8 Å². The molecular formula is C20H24IN7O2. The third kappa shape index (κ3) is 4.99. The molecule has 1 amide bonds. The standard InChI is InChI=1S/C20H23N7O2.HI/c1-21-20(23-15-16-5-7-22-18(14-16)27-8-3-6-24-27)26-11-9-25(10-12-26)19(28)17-4-2-13-29-17;/h2-8,13-14H,9-12,15H2,1H3,(H,21,23);1H. The highest BCUT2D eigenvalue weighted by molar-refractivity contribution is 14.0. The van der Waals surface area contributed by atoms with Crippen LogP contribution in [0.1, 0.15) is 16.1 Å². The molecule has 1 N–H and O–H groups in total. The van der Waals surface area contributed by atoms with E-state index in [2.05, 4.69) is 25.3 Å². The summed E-state index contributed by atoms with van der Waals surface area (Å²) in [5, 5.41) is 7.61. The molecule has 1 aliphatic rings. The molecule has 0 unspecified atom stereocenters. The summed E-state index contributed by atoms with van der Waals surface area (Å²) in [4.78, 5) is 25.1. The van der Waals surface area contributed by atoms with Gasteiger partial charge in [0.15, 0.2) is 17.5 Å². The van der Waals surface area contributed by atoms with Crippen LogP contribution in [0.4, 0.5) is 0 Å². The van der Waals surface area contributed by atoms with Crippen LogP contribution in [0.2, 0.25) is 0 Å². The molecule has 9 nitrogen and oxygen atoms in total. The highest BCUT2D eigenvalue weighted by Gasteiger charge is 2.25. The number of nitrogens with zero attached hydrogens (tertiary/aromatic N) is 6. The summed E-state index contributed by atoms with van der Waals surface area (Å²) in [7, 11) is 1.77. The maximum Gasteiger partial charge on any atom is 0.289 e. The largest absolute Gasteiger partial charge is 0.459 e. The Morgan fingerprint density at radius 2 is 1.97 bits per heavy atom. The summed E-state index contributed by atoms with van der Waals surface area (Å²) in [6.45, 7) is 3.29. The fourth-order valence-corrected chi connectivity index (χ4v) is 3.29. The highest BCUT2D eigenvalue weighted by Crippen LogP contribution is 2.10. The summed E-state index contributed by atoms with van der Waals surface area (Å²) < 4.78 is 6.95. The molecule has 4 rings (SSSR count). The van der Waals surface area contributed by atoms with Crippen LogP contribution in [0.5, 0.6) is 0 Å². The minimum absolute atomic E-state index is 0. The van der Waals surface area contributed by atoms with Crippen molar-refractivity contribution >= 4 is 35.8 Å². The van der Waals surface area contributed by atoms with Gasteiger partial charge in [-0.2, -0.15) is 5.10 Å². The quantitative estimate of drug-likeness (QED) is 0.321. The molecule has 158 valence electrons. The van der Waals surface area contributed by atoms with Crippen molar-refractivity contribution in [1.82, 2.24) is 29.9 Å². The lowest BCUT2D eigenvalue weighted by atomic mass is 10.2. The monoisotopic (exact) mass is 521 g/mol. The first-order valence-electron chi connectivity index (χ1n) is 9.48. The fourth-order valence-electron chi connectivity index (χ4n) is 3.29. The second-order valence-corrected chi connectivity index (χ2v) is 6.63. The van der Waals surface area contributed by atoms with Gasteiger partial charge < -0.3 is 19.5 Å². The Balaban J connectivity index is 0.00000256. The molecule has 1 saturated heterocycles. The number of amides is 1. The van der Waals surface area contributed by atoms with Crippen molar-refractivity contribution in [1.29, 1.82) is 0 Å². The number of hydrogen-bond donors (Lipinski definition) is 1. The second kappa shape index (κ2) is 10.2. The van der Waals surface area contributed by atoms with Gasteiger partial charge >= 0.3 is 0 Å². The molecule has 0 aromatic carbocycles. The first-order chi connectivity index (χ1) is 14.2. The zero-order chi connectivity index (χ0) is 20.1. The lowest BCUT2D eigenvalue weighted by molar-refractivity contribution is 0.0657. The van der Waals surface area contributed by atoms with Gasteiger partial charge in [0.25, 0.3) is 5.91 Å². The Kier molecular flexibility index (Phi) is 7.44. The van der Waals surface area contributed by atoms with Gasteiger partial charge in [-0.1, -0.05) is 0 Å². The number of furan rings is 1. The van der Waals surface area contributed by atoms with Crippen LogP contribution in [0.3, 0.4) is 0 Å². The van der Waals surface area contributed by atoms with E-state index >= 15 is 0 Å². The van der Waals surface area contributed by atoms with E-state index in [0.717, 1.165) is 17.3 Å².